The summed E-state index contributed by atoms with van der Waals surface area (Å²) in [5.41, 5.74) is 0. The topological polar surface area (TPSA) is 72.4 Å². The molecular formula is C21H41IN6O2. The fraction of sp³-hybridized carbons (Fsp3) is 0.905. The number of carbonyl (C=O) groups excluding carboxylic acids is 1. The number of aliphatic imine (C=N–C) groups is 1. The first kappa shape index (κ1) is 25.6. The predicted octanol–water partition coefficient (Wildman–Crippen LogP) is 0.825. The van der Waals surface area contributed by atoms with Crippen LogP contribution >= 0.6 is 24.0 Å². The average molecular weight is 537 g/mol. The standard InChI is InChI=1S/C21H40N6O2.HI/c1-3-22-21(24-17-18(2)26-13-15-29-16-14-26)23-7-8-25-9-11-27(12-10-25)20(28)19-5-4-6-19;/h18-19H,3-17H2,1-2H3,(H2,22,23,24);1H. The largest absolute Gasteiger partial charge is 0.379 e. The Morgan fingerprint density at radius 3 is 2.40 bits per heavy atom. The summed E-state index contributed by atoms with van der Waals surface area (Å²) in [5, 5.41) is 6.82. The molecule has 2 N–H and O–H groups in total. The summed E-state index contributed by atoms with van der Waals surface area (Å²) in [6.07, 6.45) is 3.42. The highest BCUT2D eigenvalue weighted by Gasteiger charge is 2.31. The van der Waals surface area contributed by atoms with Crippen molar-refractivity contribution in [1.82, 2.24) is 25.3 Å². The lowest BCUT2D eigenvalue weighted by Gasteiger charge is -2.38. The third-order valence-corrected chi connectivity index (χ3v) is 6.39. The van der Waals surface area contributed by atoms with Crippen LogP contribution in [0.4, 0.5) is 0 Å². The molecule has 0 bridgehead atoms. The van der Waals surface area contributed by atoms with Crippen LogP contribution < -0.4 is 10.6 Å². The molecule has 0 aromatic carbocycles. The second-order valence-electron chi connectivity index (χ2n) is 8.44. The molecule has 0 aromatic heterocycles. The fourth-order valence-corrected chi connectivity index (χ4v) is 4.14. The Bertz CT molecular complexity index is 532. The molecule has 3 aliphatic rings. The van der Waals surface area contributed by atoms with Gasteiger partial charge in [0.25, 0.3) is 0 Å². The van der Waals surface area contributed by atoms with Crippen molar-refractivity contribution in [3.8, 4) is 0 Å². The Morgan fingerprint density at radius 2 is 1.80 bits per heavy atom. The molecule has 1 unspecified atom stereocenters. The summed E-state index contributed by atoms with van der Waals surface area (Å²) >= 11 is 0. The summed E-state index contributed by atoms with van der Waals surface area (Å²) in [6.45, 7) is 15.2. The van der Waals surface area contributed by atoms with Crippen molar-refractivity contribution in [2.24, 2.45) is 10.9 Å². The zero-order valence-corrected chi connectivity index (χ0v) is 21.1. The van der Waals surface area contributed by atoms with Crippen molar-refractivity contribution in [3.63, 3.8) is 0 Å². The summed E-state index contributed by atoms with van der Waals surface area (Å²) in [7, 11) is 0. The van der Waals surface area contributed by atoms with Gasteiger partial charge in [0, 0.05) is 70.9 Å². The van der Waals surface area contributed by atoms with Gasteiger partial charge in [0.1, 0.15) is 0 Å². The van der Waals surface area contributed by atoms with Gasteiger partial charge in [0.15, 0.2) is 5.96 Å². The molecule has 2 saturated heterocycles. The number of morpholine rings is 1. The first-order chi connectivity index (χ1) is 14.2. The summed E-state index contributed by atoms with van der Waals surface area (Å²) < 4.78 is 5.44. The van der Waals surface area contributed by atoms with Crippen molar-refractivity contribution in [2.45, 2.75) is 39.2 Å². The first-order valence-electron chi connectivity index (χ1n) is 11.5. The second-order valence-corrected chi connectivity index (χ2v) is 8.44. The molecule has 9 heteroatoms. The lowest BCUT2D eigenvalue weighted by atomic mass is 9.84. The molecule has 1 saturated carbocycles. The van der Waals surface area contributed by atoms with Gasteiger partial charge in [0.05, 0.1) is 19.8 Å². The zero-order chi connectivity index (χ0) is 20.5. The van der Waals surface area contributed by atoms with E-state index in [-0.39, 0.29) is 24.0 Å². The number of nitrogens with zero attached hydrogens (tertiary/aromatic N) is 4. The number of hydrogen-bond donors (Lipinski definition) is 2. The number of hydrogen-bond acceptors (Lipinski definition) is 5. The summed E-state index contributed by atoms with van der Waals surface area (Å²) in [5.74, 6) is 1.61. The number of ether oxygens (including phenoxy) is 1. The monoisotopic (exact) mass is 536 g/mol. The van der Waals surface area contributed by atoms with E-state index < -0.39 is 0 Å². The van der Waals surface area contributed by atoms with E-state index >= 15 is 0 Å². The van der Waals surface area contributed by atoms with Crippen LogP contribution in [0, 0.1) is 5.92 Å². The zero-order valence-electron chi connectivity index (χ0n) is 18.8. The van der Waals surface area contributed by atoms with E-state index in [0.717, 1.165) is 97.5 Å². The first-order valence-corrected chi connectivity index (χ1v) is 11.5. The number of halogens is 1. The smallest absolute Gasteiger partial charge is 0.225 e. The molecule has 8 nitrogen and oxygen atoms in total. The van der Waals surface area contributed by atoms with Crippen LogP contribution in [0.15, 0.2) is 4.99 Å². The minimum Gasteiger partial charge on any atom is -0.379 e. The van der Waals surface area contributed by atoms with Gasteiger partial charge >= 0.3 is 0 Å². The van der Waals surface area contributed by atoms with Crippen LogP contribution in [0.25, 0.3) is 0 Å². The van der Waals surface area contributed by atoms with Crippen LogP contribution in [0.2, 0.25) is 0 Å². The van der Waals surface area contributed by atoms with E-state index in [4.69, 9.17) is 9.73 Å². The van der Waals surface area contributed by atoms with Crippen molar-refractivity contribution in [1.29, 1.82) is 0 Å². The van der Waals surface area contributed by atoms with Crippen molar-refractivity contribution in [2.75, 3.05) is 78.7 Å². The number of nitrogens with one attached hydrogen (secondary N) is 2. The fourth-order valence-electron chi connectivity index (χ4n) is 4.14. The minimum absolute atomic E-state index is 0. The van der Waals surface area contributed by atoms with Gasteiger partial charge < -0.3 is 20.3 Å². The average Bonchev–Trinajstić information content (AvgIpc) is 2.71. The van der Waals surface area contributed by atoms with E-state index in [0.29, 0.717) is 17.9 Å². The summed E-state index contributed by atoms with van der Waals surface area (Å²) in [4.78, 5) is 24.1. The van der Waals surface area contributed by atoms with Crippen molar-refractivity contribution >= 4 is 35.8 Å². The van der Waals surface area contributed by atoms with Gasteiger partial charge in [0.2, 0.25) is 5.91 Å². The molecule has 2 aliphatic heterocycles. The molecule has 2 heterocycles. The number of piperazine rings is 1. The second kappa shape index (κ2) is 13.7. The Hall–Kier alpha value is -0.650. The molecule has 1 amide bonds. The Kier molecular flexibility index (Phi) is 11.7. The molecule has 0 spiro atoms. The van der Waals surface area contributed by atoms with Crippen molar-refractivity contribution < 1.29 is 9.53 Å². The Labute approximate surface area is 199 Å². The predicted molar refractivity (Wildman–Crippen MR) is 132 cm³/mol. The van der Waals surface area contributed by atoms with Gasteiger partial charge in [-0.1, -0.05) is 6.42 Å². The van der Waals surface area contributed by atoms with Crippen LogP contribution in [-0.4, -0.2) is 111 Å². The van der Waals surface area contributed by atoms with E-state index in [1.807, 2.05) is 0 Å². The quantitative estimate of drug-likeness (QED) is 0.272. The van der Waals surface area contributed by atoms with Gasteiger partial charge in [-0.15, -0.1) is 24.0 Å². The van der Waals surface area contributed by atoms with Gasteiger partial charge in [-0.25, -0.2) is 0 Å². The van der Waals surface area contributed by atoms with Gasteiger partial charge in [-0.3, -0.25) is 19.6 Å². The van der Waals surface area contributed by atoms with Crippen LogP contribution in [0.5, 0.6) is 0 Å². The summed E-state index contributed by atoms with van der Waals surface area (Å²) in [6, 6.07) is 0.427. The molecule has 30 heavy (non-hydrogen) atoms. The van der Waals surface area contributed by atoms with E-state index in [1.54, 1.807) is 0 Å². The van der Waals surface area contributed by atoms with E-state index in [1.165, 1.54) is 6.42 Å². The van der Waals surface area contributed by atoms with Crippen molar-refractivity contribution in [3.05, 3.63) is 0 Å². The molecular weight excluding hydrogens is 495 g/mol. The molecule has 174 valence electrons. The van der Waals surface area contributed by atoms with Gasteiger partial charge in [-0.2, -0.15) is 0 Å². The highest BCUT2D eigenvalue weighted by molar-refractivity contribution is 14.0. The molecule has 1 aliphatic carbocycles. The van der Waals surface area contributed by atoms with Crippen LogP contribution in [-0.2, 0) is 9.53 Å². The molecule has 0 aromatic rings. The number of rotatable bonds is 8. The maximum Gasteiger partial charge on any atom is 0.225 e. The number of amides is 1. The SMILES string of the molecule is CCNC(=NCC(C)N1CCOCC1)NCCN1CCN(C(=O)C2CCC2)CC1.I. The Morgan fingerprint density at radius 1 is 1.10 bits per heavy atom. The number of carbonyl (C=O) groups is 1. The molecule has 1 atom stereocenters. The highest BCUT2D eigenvalue weighted by atomic mass is 127. The highest BCUT2D eigenvalue weighted by Crippen LogP contribution is 2.28. The number of guanidine groups is 1. The van der Waals surface area contributed by atoms with E-state index in [2.05, 4.69) is 39.2 Å². The third-order valence-electron chi connectivity index (χ3n) is 6.39. The third kappa shape index (κ3) is 7.80. The van der Waals surface area contributed by atoms with Gasteiger partial charge in [-0.05, 0) is 26.7 Å². The normalized spacial score (nSPS) is 22.7. The molecule has 0 radical (unpaired) electrons. The molecule has 3 rings (SSSR count). The lowest BCUT2D eigenvalue weighted by Crippen LogP contribution is -2.52. The van der Waals surface area contributed by atoms with E-state index in [9.17, 15) is 4.79 Å². The maximum absolute atomic E-state index is 12.4. The molecule has 3 fully saturated rings. The maximum atomic E-state index is 12.4. The van der Waals surface area contributed by atoms with Crippen LogP contribution in [0.1, 0.15) is 33.1 Å². The minimum atomic E-state index is 0. The lowest BCUT2D eigenvalue weighted by molar-refractivity contribution is -0.139. The Balaban J connectivity index is 0.00000320. The van der Waals surface area contributed by atoms with Crippen LogP contribution in [0.3, 0.4) is 0 Å².